The van der Waals surface area contributed by atoms with Gasteiger partial charge in [-0.25, -0.2) is 0 Å². The van der Waals surface area contributed by atoms with Gasteiger partial charge in [0.15, 0.2) is 6.61 Å². The SMILES string of the molecule is CCCOc1ccc(OCC(=O)NCCC(=O)NC2CCCCC2)cc1. The molecule has 2 rings (SSSR count). The average Bonchev–Trinajstić information content (AvgIpc) is 2.66. The molecule has 1 aromatic rings. The van der Waals surface area contributed by atoms with Crippen molar-refractivity contribution in [2.75, 3.05) is 19.8 Å². The fourth-order valence-corrected chi connectivity index (χ4v) is 2.91. The molecular weight excluding hydrogens is 332 g/mol. The third kappa shape index (κ3) is 7.76. The van der Waals surface area contributed by atoms with Crippen LogP contribution >= 0.6 is 0 Å². The number of benzene rings is 1. The number of carbonyl (C=O) groups is 2. The molecule has 1 aromatic carbocycles. The van der Waals surface area contributed by atoms with Gasteiger partial charge in [-0.15, -0.1) is 0 Å². The largest absolute Gasteiger partial charge is 0.494 e. The summed E-state index contributed by atoms with van der Waals surface area (Å²) in [5.74, 6) is 1.16. The van der Waals surface area contributed by atoms with Crippen LogP contribution in [0.25, 0.3) is 0 Å². The molecule has 0 heterocycles. The summed E-state index contributed by atoms with van der Waals surface area (Å²) >= 11 is 0. The second-order valence-corrected chi connectivity index (χ2v) is 6.61. The Balaban J connectivity index is 1.57. The smallest absolute Gasteiger partial charge is 0.257 e. The maximum Gasteiger partial charge on any atom is 0.257 e. The number of hydrogen-bond acceptors (Lipinski definition) is 4. The van der Waals surface area contributed by atoms with E-state index in [9.17, 15) is 9.59 Å². The maximum atomic E-state index is 11.9. The summed E-state index contributed by atoms with van der Waals surface area (Å²) in [6, 6.07) is 7.49. The molecule has 1 aliphatic carbocycles. The zero-order valence-electron chi connectivity index (χ0n) is 15.6. The molecule has 0 unspecified atom stereocenters. The molecule has 1 fully saturated rings. The summed E-state index contributed by atoms with van der Waals surface area (Å²) in [6.45, 7) is 2.98. The standard InChI is InChI=1S/C20H30N2O4/c1-2-14-25-17-8-10-18(11-9-17)26-15-20(24)21-13-12-19(23)22-16-6-4-3-5-7-16/h8-11,16H,2-7,12-15H2,1H3,(H,21,24)(H,22,23). The average molecular weight is 362 g/mol. The van der Waals surface area contributed by atoms with Gasteiger partial charge in [0.25, 0.3) is 5.91 Å². The third-order valence-electron chi connectivity index (χ3n) is 4.31. The van der Waals surface area contributed by atoms with Gasteiger partial charge < -0.3 is 20.1 Å². The van der Waals surface area contributed by atoms with Crippen LogP contribution in [0.15, 0.2) is 24.3 Å². The van der Waals surface area contributed by atoms with E-state index in [4.69, 9.17) is 9.47 Å². The van der Waals surface area contributed by atoms with Gasteiger partial charge in [0.2, 0.25) is 5.91 Å². The van der Waals surface area contributed by atoms with Crippen molar-refractivity contribution in [2.24, 2.45) is 0 Å². The Labute approximate surface area is 155 Å². The van der Waals surface area contributed by atoms with Crippen LogP contribution in [0.5, 0.6) is 11.5 Å². The Morgan fingerprint density at radius 1 is 1.00 bits per heavy atom. The van der Waals surface area contributed by atoms with Crippen LogP contribution in [0, 0.1) is 0 Å². The highest BCUT2D eigenvalue weighted by atomic mass is 16.5. The van der Waals surface area contributed by atoms with Crippen LogP contribution in [0.4, 0.5) is 0 Å². The summed E-state index contributed by atoms with van der Waals surface area (Å²) < 4.78 is 10.9. The minimum absolute atomic E-state index is 0.000728. The van der Waals surface area contributed by atoms with Gasteiger partial charge >= 0.3 is 0 Å². The van der Waals surface area contributed by atoms with Gasteiger partial charge in [0.05, 0.1) is 6.61 Å². The number of carbonyl (C=O) groups excluding carboxylic acids is 2. The van der Waals surface area contributed by atoms with Crippen LogP contribution in [-0.2, 0) is 9.59 Å². The van der Waals surface area contributed by atoms with E-state index in [-0.39, 0.29) is 18.4 Å². The lowest BCUT2D eigenvalue weighted by atomic mass is 9.95. The van der Waals surface area contributed by atoms with Crippen LogP contribution in [0.1, 0.15) is 51.9 Å². The van der Waals surface area contributed by atoms with Crippen molar-refractivity contribution in [3.63, 3.8) is 0 Å². The Hall–Kier alpha value is -2.24. The molecule has 0 saturated heterocycles. The van der Waals surface area contributed by atoms with Crippen molar-refractivity contribution in [3.05, 3.63) is 24.3 Å². The zero-order chi connectivity index (χ0) is 18.6. The lowest BCUT2D eigenvalue weighted by molar-refractivity contribution is -0.123. The highest BCUT2D eigenvalue weighted by Gasteiger charge is 2.15. The molecule has 6 heteroatoms. The molecule has 2 N–H and O–H groups in total. The second kappa shape index (κ2) is 11.4. The minimum atomic E-state index is -0.234. The fraction of sp³-hybridized carbons (Fsp3) is 0.600. The summed E-state index contributed by atoms with van der Waals surface area (Å²) in [7, 11) is 0. The molecular formula is C20H30N2O4. The molecule has 6 nitrogen and oxygen atoms in total. The summed E-state index contributed by atoms with van der Waals surface area (Å²) in [5, 5.41) is 5.75. The monoisotopic (exact) mass is 362 g/mol. The fourth-order valence-electron chi connectivity index (χ4n) is 2.91. The first-order valence-corrected chi connectivity index (χ1v) is 9.59. The van der Waals surface area contributed by atoms with Gasteiger partial charge in [-0.1, -0.05) is 26.2 Å². The number of rotatable bonds is 10. The van der Waals surface area contributed by atoms with E-state index < -0.39 is 0 Å². The molecule has 1 aliphatic rings. The van der Waals surface area contributed by atoms with Crippen molar-refractivity contribution in [1.82, 2.24) is 10.6 Å². The first-order valence-electron chi connectivity index (χ1n) is 9.59. The normalized spacial score (nSPS) is 14.5. The topological polar surface area (TPSA) is 76.7 Å². The second-order valence-electron chi connectivity index (χ2n) is 6.61. The predicted molar refractivity (Wildman–Crippen MR) is 100 cm³/mol. The van der Waals surface area contributed by atoms with Crippen LogP contribution in [-0.4, -0.2) is 37.6 Å². The molecule has 0 radical (unpaired) electrons. The lowest BCUT2D eigenvalue weighted by Crippen LogP contribution is -2.38. The maximum absolute atomic E-state index is 11.9. The molecule has 0 spiro atoms. The molecule has 1 saturated carbocycles. The molecule has 0 bridgehead atoms. The lowest BCUT2D eigenvalue weighted by Gasteiger charge is -2.22. The van der Waals surface area contributed by atoms with Crippen molar-refractivity contribution < 1.29 is 19.1 Å². The van der Waals surface area contributed by atoms with E-state index in [1.165, 1.54) is 19.3 Å². The van der Waals surface area contributed by atoms with Gasteiger partial charge in [-0.3, -0.25) is 9.59 Å². The zero-order valence-corrected chi connectivity index (χ0v) is 15.6. The van der Waals surface area contributed by atoms with Crippen LogP contribution < -0.4 is 20.1 Å². The van der Waals surface area contributed by atoms with Crippen LogP contribution in [0.3, 0.4) is 0 Å². The number of ether oxygens (including phenoxy) is 2. The van der Waals surface area contributed by atoms with Crippen molar-refractivity contribution in [3.8, 4) is 11.5 Å². The Morgan fingerprint density at radius 3 is 2.31 bits per heavy atom. The minimum Gasteiger partial charge on any atom is -0.494 e. The molecule has 0 aliphatic heterocycles. The Morgan fingerprint density at radius 2 is 1.65 bits per heavy atom. The highest BCUT2D eigenvalue weighted by Crippen LogP contribution is 2.18. The summed E-state index contributed by atoms with van der Waals surface area (Å²) in [5.41, 5.74) is 0. The van der Waals surface area contributed by atoms with Crippen molar-refractivity contribution >= 4 is 11.8 Å². The Kier molecular flexibility index (Phi) is 8.79. The number of nitrogens with one attached hydrogen (secondary N) is 2. The highest BCUT2D eigenvalue weighted by molar-refractivity contribution is 5.79. The molecule has 144 valence electrons. The molecule has 2 amide bonds. The number of hydrogen-bond donors (Lipinski definition) is 2. The summed E-state index contributed by atoms with van der Waals surface area (Å²) in [4.78, 5) is 23.7. The van der Waals surface area contributed by atoms with Gasteiger partial charge in [-0.2, -0.15) is 0 Å². The van der Waals surface area contributed by atoms with Gasteiger partial charge in [0, 0.05) is 19.0 Å². The Bertz CT molecular complexity index is 553. The van der Waals surface area contributed by atoms with E-state index in [1.54, 1.807) is 12.1 Å². The van der Waals surface area contributed by atoms with Gasteiger partial charge in [-0.05, 0) is 43.5 Å². The predicted octanol–water partition coefficient (Wildman–Crippen LogP) is 2.81. The van der Waals surface area contributed by atoms with Crippen LogP contribution in [0.2, 0.25) is 0 Å². The first-order chi connectivity index (χ1) is 12.7. The molecule has 0 atom stereocenters. The van der Waals surface area contributed by atoms with E-state index in [0.29, 0.717) is 31.4 Å². The van der Waals surface area contributed by atoms with E-state index in [0.717, 1.165) is 25.0 Å². The quantitative estimate of drug-likeness (QED) is 0.671. The summed E-state index contributed by atoms with van der Waals surface area (Å²) in [6.07, 6.45) is 7.01. The molecule has 26 heavy (non-hydrogen) atoms. The van der Waals surface area contributed by atoms with E-state index in [2.05, 4.69) is 17.6 Å². The molecule has 0 aromatic heterocycles. The van der Waals surface area contributed by atoms with E-state index in [1.807, 2.05) is 12.1 Å². The first kappa shape index (κ1) is 20.1. The van der Waals surface area contributed by atoms with E-state index >= 15 is 0 Å². The van der Waals surface area contributed by atoms with Crippen molar-refractivity contribution in [1.29, 1.82) is 0 Å². The third-order valence-corrected chi connectivity index (χ3v) is 4.31. The number of amides is 2. The van der Waals surface area contributed by atoms with Crippen molar-refractivity contribution in [2.45, 2.75) is 57.9 Å². The van der Waals surface area contributed by atoms with Gasteiger partial charge in [0.1, 0.15) is 11.5 Å².